The van der Waals surface area contributed by atoms with Crippen LogP contribution in [-0.4, -0.2) is 8.76 Å². The fraction of sp³-hybridized carbons (Fsp3) is 0.143. The van der Waals surface area contributed by atoms with Crippen LogP contribution >= 0.6 is 11.6 Å². The number of benzene rings is 1. The first-order valence-corrected chi connectivity index (χ1v) is 4.70. The number of hydrogen-bond donors (Lipinski definition) is 0. The predicted molar refractivity (Wildman–Crippen MR) is 45.0 cm³/mol. The quantitative estimate of drug-likeness (QED) is 0.581. The summed E-state index contributed by atoms with van der Waals surface area (Å²) < 4.78 is 37.2. The maximum atomic E-state index is 12.9. The minimum absolute atomic E-state index is 0.00614. The van der Waals surface area contributed by atoms with Crippen molar-refractivity contribution in [2.45, 2.75) is 5.56 Å². The van der Waals surface area contributed by atoms with Crippen molar-refractivity contribution in [2.24, 2.45) is 0 Å². The Morgan fingerprint density at radius 1 is 1.54 bits per heavy atom. The largest absolute Gasteiger partial charge is 0.750 e. The van der Waals surface area contributed by atoms with Gasteiger partial charge in [0.2, 0.25) is 0 Å². The molecule has 6 heteroatoms. The van der Waals surface area contributed by atoms with Crippen LogP contribution < -0.4 is 0 Å². The Hall–Kier alpha value is -0.490. The zero-order chi connectivity index (χ0) is 9.84. The molecule has 0 amide bonds. The van der Waals surface area contributed by atoms with Crippen molar-refractivity contribution in [1.29, 1.82) is 0 Å². The van der Waals surface area contributed by atoms with Gasteiger partial charge in [0, 0.05) is 5.56 Å². The van der Waals surface area contributed by atoms with Crippen molar-refractivity contribution in [3.63, 3.8) is 0 Å². The third-order valence-corrected chi connectivity index (χ3v) is 2.09. The lowest BCUT2D eigenvalue weighted by Gasteiger charge is -2.12. The standard InChI is InChI=1S/C7H6ClFO3S/c8-7(12-13(10)11)5-3-1-2-4-6(5)9/h1-4,7H,(H,10,11)/p-1. The smallest absolute Gasteiger partial charge is 0.175 e. The Morgan fingerprint density at radius 3 is 2.69 bits per heavy atom. The summed E-state index contributed by atoms with van der Waals surface area (Å²) in [6.45, 7) is 0. The van der Waals surface area contributed by atoms with Gasteiger partial charge in [-0.25, -0.2) is 8.60 Å². The van der Waals surface area contributed by atoms with Crippen LogP contribution in [-0.2, 0) is 15.5 Å². The molecular formula is C7H5ClFO3S-. The van der Waals surface area contributed by atoms with Gasteiger partial charge in [0.05, 0.1) is 11.4 Å². The summed E-state index contributed by atoms with van der Waals surface area (Å²) in [5.41, 5.74) is -1.33. The van der Waals surface area contributed by atoms with Crippen molar-refractivity contribution < 1.29 is 17.3 Å². The number of hydrogen-bond acceptors (Lipinski definition) is 3. The van der Waals surface area contributed by atoms with E-state index in [1.807, 2.05) is 0 Å². The van der Waals surface area contributed by atoms with E-state index >= 15 is 0 Å². The Balaban J connectivity index is 2.82. The van der Waals surface area contributed by atoms with Gasteiger partial charge in [0.15, 0.2) is 5.56 Å². The van der Waals surface area contributed by atoms with Crippen LogP contribution in [0.4, 0.5) is 4.39 Å². The summed E-state index contributed by atoms with van der Waals surface area (Å²) >= 11 is 2.70. The second-order valence-electron chi connectivity index (χ2n) is 2.14. The summed E-state index contributed by atoms with van der Waals surface area (Å²) in [5, 5.41) is 0. The lowest BCUT2D eigenvalue weighted by molar-refractivity contribution is 0.271. The highest BCUT2D eigenvalue weighted by atomic mass is 35.5. The monoisotopic (exact) mass is 223 g/mol. The molecule has 2 unspecified atom stereocenters. The van der Waals surface area contributed by atoms with Crippen LogP contribution in [0.5, 0.6) is 0 Å². The highest BCUT2D eigenvalue weighted by molar-refractivity contribution is 7.74. The van der Waals surface area contributed by atoms with Crippen molar-refractivity contribution in [3.8, 4) is 0 Å². The summed E-state index contributed by atoms with van der Waals surface area (Å²) in [6, 6.07) is 5.52. The minimum atomic E-state index is -2.75. The Kier molecular flexibility index (Phi) is 3.80. The number of rotatable bonds is 3. The maximum Gasteiger partial charge on any atom is 0.175 e. The van der Waals surface area contributed by atoms with E-state index in [-0.39, 0.29) is 5.56 Å². The summed E-state index contributed by atoms with van der Waals surface area (Å²) in [4.78, 5) is 0. The van der Waals surface area contributed by atoms with Crippen molar-refractivity contribution in [1.82, 2.24) is 0 Å². The Bertz CT molecular complexity index is 320. The van der Waals surface area contributed by atoms with Gasteiger partial charge in [-0.05, 0) is 6.07 Å². The third kappa shape index (κ3) is 3.04. The van der Waals surface area contributed by atoms with E-state index in [0.29, 0.717) is 0 Å². The van der Waals surface area contributed by atoms with Crippen molar-refractivity contribution in [2.75, 3.05) is 0 Å². The molecule has 1 aromatic carbocycles. The molecule has 1 aromatic rings. The van der Waals surface area contributed by atoms with E-state index in [9.17, 15) is 13.2 Å². The van der Waals surface area contributed by atoms with E-state index in [1.54, 1.807) is 0 Å². The van der Waals surface area contributed by atoms with Crippen LogP contribution in [0.25, 0.3) is 0 Å². The molecule has 0 spiro atoms. The molecule has 72 valence electrons. The second-order valence-corrected chi connectivity index (χ2v) is 3.13. The molecule has 13 heavy (non-hydrogen) atoms. The zero-order valence-electron chi connectivity index (χ0n) is 6.28. The van der Waals surface area contributed by atoms with Gasteiger partial charge in [0.1, 0.15) is 5.82 Å². The summed E-state index contributed by atoms with van der Waals surface area (Å²) in [7, 11) is 0. The highest BCUT2D eigenvalue weighted by Gasteiger charge is 2.12. The molecule has 1 rings (SSSR count). The van der Waals surface area contributed by atoms with Crippen LogP contribution in [0.15, 0.2) is 24.3 Å². The predicted octanol–water partition coefficient (Wildman–Crippen LogP) is 1.87. The van der Waals surface area contributed by atoms with Gasteiger partial charge in [-0.3, -0.25) is 4.18 Å². The molecule has 0 aromatic heterocycles. The molecule has 0 heterocycles. The van der Waals surface area contributed by atoms with Crippen molar-refractivity contribution >= 4 is 23.0 Å². The van der Waals surface area contributed by atoms with E-state index in [0.717, 1.165) is 0 Å². The molecule has 0 aliphatic carbocycles. The molecule has 0 aliphatic heterocycles. The lowest BCUT2D eigenvalue weighted by Crippen LogP contribution is -2.02. The molecular weight excluding hydrogens is 219 g/mol. The van der Waals surface area contributed by atoms with Crippen LogP contribution in [0.1, 0.15) is 11.1 Å². The highest BCUT2D eigenvalue weighted by Crippen LogP contribution is 2.24. The van der Waals surface area contributed by atoms with Gasteiger partial charge < -0.3 is 4.55 Å². The molecule has 2 atom stereocenters. The topological polar surface area (TPSA) is 49.4 Å². The van der Waals surface area contributed by atoms with Gasteiger partial charge in [-0.15, -0.1) is 0 Å². The Morgan fingerprint density at radius 2 is 2.15 bits per heavy atom. The van der Waals surface area contributed by atoms with Gasteiger partial charge in [-0.2, -0.15) is 0 Å². The van der Waals surface area contributed by atoms with Crippen molar-refractivity contribution in [3.05, 3.63) is 35.6 Å². The fourth-order valence-corrected chi connectivity index (χ4v) is 1.38. The van der Waals surface area contributed by atoms with E-state index in [1.165, 1.54) is 24.3 Å². The molecule has 0 N–H and O–H groups in total. The first-order chi connectivity index (χ1) is 6.11. The molecule has 3 nitrogen and oxygen atoms in total. The molecule has 0 fully saturated rings. The lowest BCUT2D eigenvalue weighted by atomic mass is 10.2. The third-order valence-electron chi connectivity index (χ3n) is 1.31. The fourth-order valence-electron chi connectivity index (χ4n) is 0.780. The molecule has 0 aliphatic rings. The van der Waals surface area contributed by atoms with E-state index < -0.39 is 22.7 Å². The number of halogens is 2. The molecule has 0 saturated carbocycles. The van der Waals surface area contributed by atoms with E-state index in [2.05, 4.69) is 4.18 Å². The Labute approximate surface area is 82.0 Å². The summed E-state index contributed by atoms with van der Waals surface area (Å²) in [6.07, 6.45) is 0. The first kappa shape index (κ1) is 10.6. The molecule has 0 radical (unpaired) electrons. The first-order valence-electron chi connectivity index (χ1n) is 3.26. The number of alkyl halides is 1. The molecule has 0 bridgehead atoms. The SMILES string of the molecule is O=S([O-])OC(Cl)c1ccccc1F. The van der Waals surface area contributed by atoms with Crippen LogP contribution in [0.3, 0.4) is 0 Å². The molecule has 0 saturated heterocycles. The zero-order valence-corrected chi connectivity index (χ0v) is 7.85. The second kappa shape index (κ2) is 4.66. The van der Waals surface area contributed by atoms with Gasteiger partial charge in [0.25, 0.3) is 0 Å². The average Bonchev–Trinajstić information content (AvgIpc) is 2.03. The maximum absolute atomic E-state index is 12.9. The van der Waals surface area contributed by atoms with Crippen LogP contribution in [0, 0.1) is 5.82 Å². The average molecular weight is 224 g/mol. The van der Waals surface area contributed by atoms with Crippen LogP contribution in [0.2, 0.25) is 0 Å². The van der Waals surface area contributed by atoms with E-state index in [4.69, 9.17) is 11.6 Å². The van der Waals surface area contributed by atoms with Gasteiger partial charge in [-0.1, -0.05) is 29.8 Å². The summed E-state index contributed by atoms with van der Waals surface area (Å²) in [5.74, 6) is -0.604. The van der Waals surface area contributed by atoms with Gasteiger partial charge >= 0.3 is 0 Å². The minimum Gasteiger partial charge on any atom is -0.750 e. The normalized spacial score (nSPS) is 15.3.